The second kappa shape index (κ2) is 7.98. The molecule has 0 unspecified atom stereocenters. The van der Waals surface area contributed by atoms with Crippen LogP contribution in [0, 0.1) is 0 Å². The summed E-state index contributed by atoms with van der Waals surface area (Å²) in [5, 5.41) is 7.08. The fourth-order valence-corrected chi connectivity index (χ4v) is 2.74. The smallest absolute Gasteiger partial charge is 0.222 e. The molecule has 0 radical (unpaired) electrons. The van der Waals surface area contributed by atoms with E-state index in [0.29, 0.717) is 11.5 Å². The maximum atomic E-state index is 11.5. The molecule has 1 aromatic carbocycles. The molecule has 0 saturated carbocycles. The average molecular weight is 305 g/mol. The molecule has 0 bridgehead atoms. The third-order valence-electron chi connectivity index (χ3n) is 3.71. The maximum Gasteiger partial charge on any atom is 0.222 e. The van der Waals surface area contributed by atoms with Gasteiger partial charge in [-0.3, -0.25) is 4.79 Å². The lowest BCUT2D eigenvalue weighted by molar-refractivity contribution is -0.127. The molecule has 1 saturated heterocycles. The average Bonchev–Trinajstić information content (AvgIpc) is 2.89. The highest BCUT2D eigenvalue weighted by molar-refractivity contribution is 7.80. The quantitative estimate of drug-likeness (QED) is 0.626. The predicted octanol–water partition coefficient (Wildman–Crippen LogP) is 2.55. The Kier molecular flexibility index (Phi) is 5.99. The summed E-state index contributed by atoms with van der Waals surface area (Å²) in [5.41, 5.74) is 2.32. The number of aryl methyl sites for hydroxylation is 1. The summed E-state index contributed by atoms with van der Waals surface area (Å²) in [6.45, 7) is 4.64. The maximum absolute atomic E-state index is 11.5. The van der Waals surface area contributed by atoms with Crippen molar-refractivity contribution in [1.82, 2.24) is 10.2 Å². The highest BCUT2D eigenvalue weighted by Gasteiger charge is 2.18. The molecule has 4 nitrogen and oxygen atoms in total. The van der Waals surface area contributed by atoms with Gasteiger partial charge in [0.25, 0.3) is 0 Å². The summed E-state index contributed by atoms with van der Waals surface area (Å²) >= 11 is 5.31. The molecule has 114 valence electrons. The van der Waals surface area contributed by atoms with Gasteiger partial charge in [-0.05, 0) is 43.1 Å². The summed E-state index contributed by atoms with van der Waals surface area (Å²) in [5.74, 6) is 0.285. The van der Waals surface area contributed by atoms with E-state index in [4.69, 9.17) is 12.2 Å². The minimum Gasteiger partial charge on any atom is -0.362 e. The minimum atomic E-state index is 0.285. The van der Waals surface area contributed by atoms with E-state index in [-0.39, 0.29) is 5.91 Å². The van der Waals surface area contributed by atoms with E-state index < -0.39 is 0 Å². The first-order valence-corrected chi connectivity index (χ1v) is 8.02. The predicted molar refractivity (Wildman–Crippen MR) is 90.5 cm³/mol. The molecule has 1 amide bonds. The minimum absolute atomic E-state index is 0.285. The summed E-state index contributed by atoms with van der Waals surface area (Å²) in [7, 11) is 0. The number of nitrogens with one attached hydrogen (secondary N) is 2. The number of anilines is 1. The summed E-state index contributed by atoms with van der Waals surface area (Å²) < 4.78 is 0. The molecule has 1 aliphatic rings. The Morgan fingerprint density at radius 1 is 1.38 bits per heavy atom. The molecular weight excluding hydrogens is 282 g/mol. The summed E-state index contributed by atoms with van der Waals surface area (Å²) in [6, 6.07) is 8.18. The van der Waals surface area contributed by atoms with E-state index in [2.05, 4.69) is 23.6 Å². The van der Waals surface area contributed by atoms with Gasteiger partial charge < -0.3 is 15.5 Å². The van der Waals surface area contributed by atoms with Gasteiger partial charge in [-0.15, -0.1) is 0 Å². The van der Waals surface area contributed by atoms with Crippen LogP contribution in [0.5, 0.6) is 0 Å². The van der Waals surface area contributed by atoms with Crippen molar-refractivity contribution in [3.8, 4) is 0 Å². The zero-order chi connectivity index (χ0) is 15.1. The molecule has 21 heavy (non-hydrogen) atoms. The van der Waals surface area contributed by atoms with Crippen molar-refractivity contribution in [3.63, 3.8) is 0 Å². The Balaban J connectivity index is 1.69. The highest BCUT2D eigenvalue weighted by Crippen LogP contribution is 2.15. The van der Waals surface area contributed by atoms with E-state index in [1.54, 1.807) is 0 Å². The SMILES string of the molecule is CCc1ccccc1NC(=S)NCCCN1CCCC1=O. The number of hydrogen-bond acceptors (Lipinski definition) is 2. The number of rotatable bonds is 6. The number of hydrogen-bond donors (Lipinski definition) is 2. The van der Waals surface area contributed by atoms with Crippen molar-refractivity contribution in [3.05, 3.63) is 29.8 Å². The van der Waals surface area contributed by atoms with E-state index in [1.165, 1.54) is 5.56 Å². The summed E-state index contributed by atoms with van der Waals surface area (Å²) in [6.07, 6.45) is 3.60. The van der Waals surface area contributed by atoms with Crippen molar-refractivity contribution in [2.45, 2.75) is 32.6 Å². The molecule has 1 heterocycles. The van der Waals surface area contributed by atoms with Gasteiger partial charge >= 0.3 is 0 Å². The van der Waals surface area contributed by atoms with Crippen LogP contribution >= 0.6 is 12.2 Å². The molecule has 1 fully saturated rings. The van der Waals surface area contributed by atoms with Gasteiger partial charge in [0.15, 0.2) is 5.11 Å². The number of carbonyl (C=O) groups is 1. The lowest BCUT2D eigenvalue weighted by atomic mass is 10.1. The number of nitrogens with zero attached hydrogens (tertiary/aromatic N) is 1. The second-order valence-electron chi connectivity index (χ2n) is 5.23. The third-order valence-corrected chi connectivity index (χ3v) is 3.95. The van der Waals surface area contributed by atoms with Crippen LogP contribution in [0.25, 0.3) is 0 Å². The Labute approximate surface area is 131 Å². The number of likely N-dealkylation sites (tertiary alicyclic amines) is 1. The molecule has 1 aliphatic heterocycles. The van der Waals surface area contributed by atoms with Crippen LogP contribution in [-0.2, 0) is 11.2 Å². The van der Waals surface area contributed by atoms with Crippen molar-refractivity contribution >= 4 is 28.9 Å². The normalized spacial score (nSPS) is 14.3. The Morgan fingerprint density at radius 2 is 2.19 bits per heavy atom. The zero-order valence-electron chi connectivity index (χ0n) is 12.5. The zero-order valence-corrected chi connectivity index (χ0v) is 13.3. The molecule has 0 aliphatic carbocycles. The van der Waals surface area contributed by atoms with Crippen molar-refractivity contribution < 1.29 is 4.79 Å². The standard InChI is InChI=1S/C16H23N3OS/c1-2-13-7-3-4-8-14(13)18-16(21)17-10-6-12-19-11-5-9-15(19)20/h3-4,7-8H,2,5-6,9-12H2,1H3,(H2,17,18,21). The largest absolute Gasteiger partial charge is 0.362 e. The fourth-order valence-electron chi connectivity index (χ4n) is 2.53. The van der Waals surface area contributed by atoms with Crippen LogP contribution in [0.3, 0.4) is 0 Å². The van der Waals surface area contributed by atoms with E-state index in [1.807, 2.05) is 23.1 Å². The van der Waals surface area contributed by atoms with Crippen molar-refractivity contribution in [2.75, 3.05) is 25.0 Å². The first kappa shape index (κ1) is 15.8. The molecule has 0 spiro atoms. The highest BCUT2D eigenvalue weighted by atomic mass is 32.1. The summed E-state index contributed by atoms with van der Waals surface area (Å²) in [4.78, 5) is 13.4. The second-order valence-corrected chi connectivity index (χ2v) is 5.64. The number of para-hydroxylation sites is 1. The van der Waals surface area contributed by atoms with Crippen molar-refractivity contribution in [1.29, 1.82) is 0 Å². The van der Waals surface area contributed by atoms with Crippen molar-refractivity contribution in [2.24, 2.45) is 0 Å². The number of benzene rings is 1. The van der Waals surface area contributed by atoms with Gasteiger partial charge in [0.2, 0.25) is 5.91 Å². The van der Waals surface area contributed by atoms with Crippen LogP contribution < -0.4 is 10.6 Å². The number of thiocarbonyl (C=S) groups is 1. The molecule has 2 rings (SSSR count). The van der Waals surface area contributed by atoms with Crippen LogP contribution in [0.2, 0.25) is 0 Å². The van der Waals surface area contributed by atoms with Gasteiger partial charge in [0.05, 0.1) is 0 Å². The van der Waals surface area contributed by atoms with E-state index in [0.717, 1.165) is 44.6 Å². The Bertz CT molecular complexity index is 504. The van der Waals surface area contributed by atoms with Gasteiger partial charge in [-0.1, -0.05) is 25.1 Å². The number of carbonyl (C=O) groups excluding carboxylic acids is 1. The van der Waals surface area contributed by atoms with Crippen LogP contribution in [0.15, 0.2) is 24.3 Å². The fraction of sp³-hybridized carbons (Fsp3) is 0.500. The first-order chi connectivity index (χ1) is 10.2. The Hall–Kier alpha value is -1.62. The molecular formula is C16H23N3OS. The first-order valence-electron chi connectivity index (χ1n) is 7.61. The van der Waals surface area contributed by atoms with Gasteiger partial charge in [-0.25, -0.2) is 0 Å². The lowest BCUT2D eigenvalue weighted by Gasteiger charge is -2.16. The van der Waals surface area contributed by atoms with E-state index >= 15 is 0 Å². The molecule has 2 N–H and O–H groups in total. The van der Waals surface area contributed by atoms with Crippen LogP contribution in [0.4, 0.5) is 5.69 Å². The van der Waals surface area contributed by atoms with Gasteiger partial charge in [-0.2, -0.15) is 0 Å². The lowest BCUT2D eigenvalue weighted by Crippen LogP contribution is -2.33. The van der Waals surface area contributed by atoms with Gasteiger partial charge in [0.1, 0.15) is 0 Å². The van der Waals surface area contributed by atoms with E-state index in [9.17, 15) is 4.79 Å². The topological polar surface area (TPSA) is 44.4 Å². The molecule has 0 aromatic heterocycles. The van der Waals surface area contributed by atoms with Gasteiger partial charge in [0, 0.05) is 31.7 Å². The molecule has 0 atom stereocenters. The Morgan fingerprint density at radius 3 is 2.90 bits per heavy atom. The molecule has 5 heteroatoms. The van der Waals surface area contributed by atoms with Crippen LogP contribution in [0.1, 0.15) is 31.7 Å². The molecule has 1 aromatic rings. The monoisotopic (exact) mass is 305 g/mol. The van der Waals surface area contributed by atoms with Crippen LogP contribution in [-0.4, -0.2) is 35.6 Å². The third kappa shape index (κ3) is 4.70. The number of amides is 1.